The van der Waals surface area contributed by atoms with E-state index in [-0.39, 0.29) is 5.91 Å². The number of nitrogens with zero attached hydrogens (tertiary/aromatic N) is 1. The van der Waals surface area contributed by atoms with Crippen molar-refractivity contribution in [3.63, 3.8) is 0 Å². The Kier molecular flexibility index (Phi) is 6.33. The van der Waals surface area contributed by atoms with Crippen LogP contribution in [0.5, 0.6) is 0 Å². The number of halogens is 1. The van der Waals surface area contributed by atoms with Crippen LogP contribution in [-0.2, 0) is 9.53 Å². The Morgan fingerprint density at radius 1 is 1.33 bits per heavy atom. The Hall–Kier alpha value is -1.26. The number of nitrogens with one attached hydrogen (secondary N) is 1. The zero-order valence-electron chi connectivity index (χ0n) is 12.5. The number of anilines is 2. The number of morpholine rings is 1. The van der Waals surface area contributed by atoms with Gasteiger partial charge in [-0.1, -0.05) is 31.4 Å². The first-order valence-electron chi connectivity index (χ1n) is 7.63. The predicted octanol–water partition coefficient (Wildman–Crippen LogP) is 3.70. The van der Waals surface area contributed by atoms with Gasteiger partial charge in [0.2, 0.25) is 5.91 Å². The lowest BCUT2D eigenvalue weighted by atomic mass is 10.2. The maximum absolute atomic E-state index is 11.8. The first kappa shape index (κ1) is 16.1. The molecule has 116 valence electrons. The standard InChI is InChI=1S/C16H23ClN2O2/c1-2-3-4-5-16(20)18-13-6-7-15(14(17)12-13)19-8-10-21-11-9-19/h6-7,12H,2-5,8-11H2,1H3,(H,18,20). The normalized spacial score (nSPS) is 15.0. The summed E-state index contributed by atoms with van der Waals surface area (Å²) in [4.78, 5) is 14.0. The molecule has 0 spiro atoms. The van der Waals surface area contributed by atoms with E-state index in [4.69, 9.17) is 16.3 Å². The van der Waals surface area contributed by atoms with Crippen molar-refractivity contribution in [2.45, 2.75) is 32.6 Å². The molecule has 0 saturated carbocycles. The number of ether oxygens (including phenoxy) is 1. The van der Waals surface area contributed by atoms with Crippen LogP contribution in [0.1, 0.15) is 32.6 Å². The third-order valence-corrected chi connectivity index (χ3v) is 3.89. The molecule has 0 bridgehead atoms. The third kappa shape index (κ3) is 4.90. The monoisotopic (exact) mass is 310 g/mol. The fourth-order valence-electron chi connectivity index (χ4n) is 2.40. The van der Waals surface area contributed by atoms with Gasteiger partial charge in [0.25, 0.3) is 0 Å². The molecule has 21 heavy (non-hydrogen) atoms. The quantitative estimate of drug-likeness (QED) is 0.815. The molecule has 0 unspecified atom stereocenters. The summed E-state index contributed by atoms with van der Waals surface area (Å²) in [6.45, 7) is 5.28. The molecular weight excluding hydrogens is 288 g/mol. The van der Waals surface area contributed by atoms with E-state index in [1.165, 1.54) is 0 Å². The molecule has 1 heterocycles. The van der Waals surface area contributed by atoms with Crippen molar-refractivity contribution in [1.82, 2.24) is 0 Å². The molecule has 1 amide bonds. The van der Waals surface area contributed by atoms with Crippen LogP contribution < -0.4 is 10.2 Å². The molecule has 1 fully saturated rings. The lowest BCUT2D eigenvalue weighted by Gasteiger charge is -2.29. The van der Waals surface area contributed by atoms with Crippen LogP contribution in [0.3, 0.4) is 0 Å². The Bertz CT molecular complexity index is 473. The van der Waals surface area contributed by atoms with Crippen molar-refractivity contribution in [2.75, 3.05) is 36.5 Å². The SMILES string of the molecule is CCCCCC(=O)Nc1ccc(N2CCOCC2)c(Cl)c1. The molecule has 5 heteroatoms. The summed E-state index contributed by atoms with van der Waals surface area (Å²) in [6.07, 6.45) is 3.70. The van der Waals surface area contributed by atoms with Crippen LogP contribution in [0.15, 0.2) is 18.2 Å². The number of rotatable bonds is 6. The highest BCUT2D eigenvalue weighted by Crippen LogP contribution is 2.29. The van der Waals surface area contributed by atoms with Crippen LogP contribution in [-0.4, -0.2) is 32.2 Å². The van der Waals surface area contributed by atoms with Gasteiger partial charge in [0.1, 0.15) is 0 Å². The lowest BCUT2D eigenvalue weighted by molar-refractivity contribution is -0.116. The van der Waals surface area contributed by atoms with Gasteiger partial charge >= 0.3 is 0 Å². The Morgan fingerprint density at radius 2 is 2.10 bits per heavy atom. The second kappa shape index (κ2) is 8.25. The number of benzene rings is 1. The van der Waals surface area contributed by atoms with Crippen LogP contribution in [0.4, 0.5) is 11.4 Å². The van der Waals surface area contributed by atoms with E-state index in [1.54, 1.807) is 0 Å². The van der Waals surface area contributed by atoms with Gasteiger partial charge in [0, 0.05) is 25.2 Å². The second-order valence-electron chi connectivity index (χ2n) is 5.27. The van der Waals surface area contributed by atoms with Crippen molar-refractivity contribution in [3.05, 3.63) is 23.2 Å². The van der Waals surface area contributed by atoms with E-state index in [1.807, 2.05) is 18.2 Å². The highest BCUT2D eigenvalue weighted by Gasteiger charge is 2.14. The molecule has 2 rings (SSSR count). The summed E-state index contributed by atoms with van der Waals surface area (Å²) in [7, 11) is 0. The van der Waals surface area contributed by atoms with E-state index in [9.17, 15) is 4.79 Å². The molecule has 1 aliphatic rings. The highest BCUT2D eigenvalue weighted by molar-refractivity contribution is 6.33. The average molecular weight is 311 g/mol. The predicted molar refractivity (Wildman–Crippen MR) is 87.3 cm³/mol. The van der Waals surface area contributed by atoms with Gasteiger partial charge in [-0.15, -0.1) is 0 Å². The lowest BCUT2D eigenvalue weighted by Crippen LogP contribution is -2.36. The van der Waals surface area contributed by atoms with Gasteiger partial charge < -0.3 is 15.0 Å². The minimum Gasteiger partial charge on any atom is -0.378 e. The van der Waals surface area contributed by atoms with E-state index >= 15 is 0 Å². The maximum atomic E-state index is 11.8. The van der Waals surface area contributed by atoms with E-state index in [0.29, 0.717) is 11.4 Å². The summed E-state index contributed by atoms with van der Waals surface area (Å²) in [5.41, 5.74) is 1.77. The minimum absolute atomic E-state index is 0.0543. The van der Waals surface area contributed by atoms with Crippen molar-refractivity contribution in [2.24, 2.45) is 0 Å². The van der Waals surface area contributed by atoms with Gasteiger partial charge in [0.05, 0.1) is 23.9 Å². The van der Waals surface area contributed by atoms with Gasteiger partial charge in [-0.25, -0.2) is 0 Å². The number of carbonyl (C=O) groups excluding carboxylic acids is 1. The fourth-order valence-corrected chi connectivity index (χ4v) is 2.70. The molecule has 0 atom stereocenters. The molecule has 0 radical (unpaired) electrons. The molecular formula is C16H23ClN2O2. The smallest absolute Gasteiger partial charge is 0.224 e. The minimum atomic E-state index is 0.0543. The number of carbonyl (C=O) groups is 1. The zero-order chi connectivity index (χ0) is 15.1. The van der Waals surface area contributed by atoms with Crippen LogP contribution in [0.25, 0.3) is 0 Å². The molecule has 1 N–H and O–H groups in total. The highest BCUT2D eigenvalue weighted by atomic mass is 35.5. The molecule has 0 aliphatic carbocycles. The van der Waals surface area contributed by atoms with Crippen molar-refractivity contribution >= 4 is 28.9 Å². The molecule has 1 saturated heterocycles. The largest absolute Gasteiger partial charge is 0.378 e. The van der Waals surface area contributed by atoms with Gasteiger partial charge in [-0.2, -0.15) is 0 Å². The number of hydrogen-bond donors (Lipinski definition) is 1. The third-order valence-electron chi connectivity index (χ3n) is 3.59. The van der Waals surface area contributed by atoms with Gasteiger partial charge in [0.15, 0.2) is 0 Å². The number of hydrogen-bond acceptors (Lipinski definition) is 3. The summed E-state index contributed by atoms with van der Waals surface area (Å²) >= 11 is 6.34. The summed E-state index contributed by atoms with van der Waals surface area (Å²) in [6, 6.07) is 5.70. The van der Waals surface area contributed by atoms with Gasteiger partial charge in [-0.3, -0.25) is 4.79 Å². The first-order chi connectivity index (χ1) is 10.2. The van der Waals surface area contributed by atoms with Crippen molar-refractivity contribution in [1.29, 1.82) is 0 Å². The molecule has 0 aromatic heterocycles. The first-order valence-corrected chi connectivity index (χ1v) is 8.00. The Balaban J connectivity index is 1.93. The van der Waals surface area contributed by atoms with Crippen LogP contribution in [0.2, 0.25) is 5.02 Å². The van der Waals surface area contributed by atoms with Crippen molar-refractivity contribution in [3.8, 4) is 0 Å². The molecule has 1 aromatic rings. The summed E-state index contributed by atoms with van der Waals surface area (Å²) in [5, 5.41) is 3.57. The van der Waals surface area contributed by atoms with Crippen LogP contribution >= 0.6 is 11.6 Å². The Labute approximate surface area is 131 Å². The molecule has 4 nitrogen and oxygen atoms in total. The topological polar surface area (TPSA) is 41.6 Å². The zero-order valence-corrected chi connectivity index (χ0v) is 13.3. The average Bonchev–Trinajstić information content (AvgIpc) is 2.48. The summed E-state index contributed by atoms with van der Waals surface area (Å²) in [5.74, 6) is 0.0543. The molecule has 1 aliphatic heterocycles. The number of amides is 1. The summed E-state index contributed by atoms with van der Waals surface area (Å²) < 4.78 is 5.34. The number of unbranched alkanes of at least 4 members (excludes halogenated alkanes) is 2. The fraction of sp³-hybridized carbons (Fsp3) is 0.562. The van der Waals surface area contributed by atoms with Gasteiger partial charge in [-0.05, 0) is 24.6 Å². The van der Waals surface area contributed by atoms with E-state index in [2.05, 4.69) is 17.1 Å². The maximum Gasteiger partial charge on any atom is 0.224 e. The molecule has 1 aromatic carbocycles. The second-order valence-corrected chi connectivity index (χ2v) is 5.68. The van der Waals surface area contributed by atoms with Crippen LogP contribution in [0, 0.1) is 0 Å². The van der Waals surface area contributed by atoms with E-state index < -0.39 is 0 Å². The Morgan fingerprint density at radius 3 is 2.76 bits per heavy atom. The van der Waals surface area contributed by atoms with E-state index in [0.717, 1.165) is 56.9 Å². The van der Waals surface area contributed by atoms with Crippen molar-refractivity contribution < 1.29 is 9.53 Å².